The Bertz CT molecular complexity index is 779. The first-order valence-electron chi connectivity index (χ1n) is 9.49. The van der Waals surface area contributed by atoms with Crippen LogP contribution in [0.3, 0.4) is 0 Å². The first-order chi connectivity index (χ1) is 12.8. The monoisotopic (exact) mass is 371 g/mol. The van der Waals surface area contributed by atoms with Crippen LogP contribution in [0.1, 0.15) is 44.0 Å². The molecule has 6 nitrogen and oxygen atoms in total. The lowest BCUT2D eigenvalue weighted by molar-refractivity contribution is 0.293. The lowest BCUT2D eigenvalue weighted by Crippen LogP contribution is -2.47. The molecule has 6 heteroatoms. The van der Waals surface area contributed by atoms with Crippen LogP contribution in [0.2, 0.25) is 0 Å². The first kappa shape index (κ1) is 20.8. The molecule has 1 aliphatic heterocycles. The minimum absolute atomic E-state index is 0.596. The number of nitrogens with two attached hydrogens (primary N) is 1. The zero-order valence-corrected chi connectivity index (χ0v) is 17.8. The fraction of sp³-hybridized carbons (Fsp3) is 0.524. The van der Waals surface area contributed by atoms with Gasteiger partial charge in [0.15, 0.2) is 5.84 Å². The number of aromatic nitrogens is 1. The van der Waals surface area contributed by atoms with E-state index in [4.69, 9.17) is 15.5 Å². The van der Waals surface area contributed by atoms with Crippen LogP contribution < -0.4 is 10.5 Å². The number of ether oxygens (including phenoxy) is 1. The minimum atomic E-state index is 0.596. The summed E-state index contributed by atoms with van der Waals surface area (Å²) in [6.45, 7) is 12.7. The fourth-order valence-corrected chi connectivity index (χ4v) is 3.26. The maximum absolute atomic E-state index is 6.26. The zero-order valence-electron chi connectivity index (χ0n) is 17.8. The van der Waals surface area contributed by atoms with Crippen molar-refractivity contribution in [3.8, 4) is 5.75 Å². The van der Waals surface area contributed by atoms with Gasteiger partial charge in [0.1, 0.15) is 11.6 Å². The van der Waals surface area contributed by atoms with E-state index in [-0.39, 0.29) is 0 Å². The topological polar surface area (TPSA) is 67.0 Å². The molecule has 1 aliphatic rings. The van der Waals surface area contributed by atoms with Crippen LogP contribution in [0.4, 0.5) is 0 Å². The van der Waals surface area contributed by atoms with Crippen molar-refractivity contribution < 1.29 is 4.74 Å². The van der Waals surface area contributed by atoms with Gasteiger partial charge in [0.25, 0.3) is 0 Å². The number of aliphatic imine (C=N–C) groups is 1. The number of amidine groups is 1. The SMILES string of the molecule is C\C=C1/C(=N\C(N)=C(/C)CC)N(Cc2ncc(C)c(OC)c2C)CCN1C. The summed E-state index contributed by atoms with van der Waals surface area (Å²) in [6.07, 6.45) is 4.86. The summed E-state index contributed by atoms with van der Waals surface area (Å²) in [5, 5.41) is 0. The number of nitrogens with zero attached hydrogens (tertiary/aromatic N) is 4. The Morgan fingerprint density at radius 3 is 2.67 bits per heavy atom. The van der Waals surface area contributed by atoms with Gasteiger partial charge >= 0.3 is 0 Å². The second-order valence-electron chi connectivity index (χ2n) is 7.02. The van der Waals surface area contributed by atoms with Gasteiger partial charge in [0.2, 0.25) is 0 Å². The van der Waals surface area contributed by atoms with Crippen LogP contribution in [0.15, 0.2) is 34.4 Å². The van der Waals surface area contributed by atoms with E-state index in [2.05, 4.69) is 41.8 Å². The largest absolute Gasteiger partial charge is 0.496 e. The summed E-state index contributed by atoms with van der Waals surface area (Å²) in [4.78, 5) is 14.0. The van der Waals surface area contributed by atoms with Crippen molar-refractivity contribution in [2.45, 2.75) is 47.6 Å². The van der Waals surface area contributed by atoms with Gasteiger partial charge < -0.3 is 20.3 Å². The predicted octanol–water partition coefficient (Wildman–Crippen LogP) is 3.36. The van der Waals surface area contributed by atoms with Gasteiger partial charge in [-0.25, -0.2) is 4.99 Å². The third-order valence-electron chi connectivity index (χ3n) is 5.20. The number of hydrogen-bond acceptors (Lipinski definition) is 5. The Morgan fingerprint density at radius 1 is 1.37 bits per heavy atom. The standard InChI is InChI=1S/C21H33N5O/c1-8-14(3)20(22)24-21-18(9-2)25(6)10-11-26(21)13-17-16(5)19(27-7)15(4)12-23-17/h9,12H,8,10-11,13,22H2,1-7H3/b18-9+,20-14+,24-21+. The number of rotatable bonds is 5. The van der Waals surface area contributed by atoms with E-state index in [1.54, 1.807) is 7.11 Å². The summed E-state index contributed by atoms with van der Waals surface area (Å²) in [6, 6.07) is 0. The van der Waals surface area contributed by atoms with Crippen molar-refractivity contribution in [2.24, 2.45) is 10.7 Å². The molecule has 0 amide bonds. The van der Waals surface area contributed by atoms with Crippen molar-refractivity contribution in [3.63, 3.8) is 0 Å². The molecule has 0 atom stereocenters. The second-order valence-corrected chi connectivity index (χ2v) is 7.02. The highest BCUT2D eigenvalue weighted by Crippen LogP contribution is 2.26. The van der Waals surface area contributed by atoms with Crippen molar-refractivity contribution in [1.29, 1.82) is 0 Å². The molecule has 0 aliphatic carbocycles. The van der Waals surface area contributed by atoms with Gasteiger partial charge in [-0.1, -0.05) is 13.0 Å². The molecule has 0 radical (unpaired) electrons. The lowest BCUT2D eigenvalue weighted by Gasteiger charge is -2.38. The van der Waals surface area contributed by atoms with Gasteiger partial charge in [-0.2, -0.15) is 0 Å². The number of methoxy groups -OCH3 is 1. The van der Waals surface area contributed by atoms with Crippen LogP contribution in [0, 0.1) is 13.8 Å². The molecule has 1 saturated heterocycles. The molecule has 1 aromatic rings. The Morgan fingerprint density at radius 2 is 2.07 bits per heavy atom. The molecular weight excluding hydrogens is 338 g/mol. The van der Waals surface area contributed by atoms with Crippen molar-refractivity contribution >= 4 is 5.84 Å². The van der Waals surface area contributed by atoms with Gasteiger partial charge in [-0.05, 0) is 39.7 Å². The molecule has 1 aromatic heterocycles. The molecule has 1 fully saturated rings. The molecule has 0 unspecified atom stereocenters. The molecule has 2 N–H and O–H groups in total. The average Bonchev–Trinajstić information content (AvgIpc) is 2.65. The quantitative estimate of drug-likeness (QED) is 0.860. The maximum atomic E-state index is 6.26. The number of hydrogen-bond donors (Lipinski definition) is 1. The summed E-state index contributed by atoms with van der Waals surface area (Å²) < 4.78 is 5.57. The first-order valence-corrected chi connectivity index (χ1v) is 9.49. The van der Waals surface area contributed by atoms with Crippen LogP contribution in [0.25, 0.3) is 0 Å². The van der Waals surface area contributed by atoms with Crippen LogP contribution >= 0.6 is 0 Å². The zero-order chi connectivity index (χ0) is 20.1. The van der Waals surface area contributed by atoms with E-state index >= 15 is 0 Å². The number of likely N-dealkylation sites (N-methyl/N-ethyl adjacent to an activating group) is 1. The molecule has 27 heavy (non-hydrogen) atoms. The number of allylic oxidation sites excluding steroid dienone is 2. The van der Waals surface area contributed by atoms with E-state index in [0.717, 1.165) is 59.2 Å². The Hall–Kier alpha value is -2.50. The highest BCUT2D eigenvalue weighted by atomic mass is 16.5. The van der Waals surface area contributed by atoms with Crippen LogP contribution in [-0.4, -0.2) is 47.9 Å². The highest BCUT2D eigenvalue weighted by molar-refractivity contribution is 5.99. The number of aryl methyl sites for hydroxylation is 1. The molecule has 2 rings (SSSR count). The Labute approximate surface area is 163 Å². The van der Waals surface area contributed by atoms with Gasteiger partial charge in [0, 0.05) is 37.5 Å². The molecule has 148 valence electrons. The summed E-state index contributed by atoms with van der Waals surface area (Å²) in [5.74, 6) is 2.40. The van der Waals surface area contributed by atoms with Gasteiger partial charge in [-0.3, -0.25) is 4.98 Å². The predicted molar refractivity (Wildman–Crippen MR) is 112 cm³/mol. The third kappa shape index (κ3) is 4.43. The lowest BCUT2D eigenvalue weighted by atomic mass is 10.1. The average molecular weight is 372 g/mol. The normalized spacial score (nSPS) is 18.9. The Balaban J connectivity index is 2.46. The van der Waals surface area contributed by atoms with E-state index in [1.807, 2.05) is 27.0 Å². The minimum Gasteiger partial charge on any atom is -0.496 e. The molecule has 0 spiro atoms. The Kier molecular flexibility index (Phi) is 6.88. The molecular formula is C21H33N5O. The van der Waals surface area contributed by atoms with E-state index in [0.29, 0.717) is 12.4 Å². The van der Waals surface area contributed by atoms with E-state index in [1.165, 1.54) is 0 Å². The summed E-state index contributed by atoms with van der Waals surface area (Å²) in [7, 11) is 3.80. The van der Waals surface area contributed by atoms with E-state index in [9.17, 15) is 0 Å². The van der Waals surface area contributed by atoms with Crippen molar-refractivity contribution in [3.05, 3.63) is 46.2 Å². The van der Waals surface area contributed by atoms with E-state index < -0.39 is 0 Å². The summed E-state index contributed by atoms with van der Waals surface area (Å²) in [5.41, 5.74) is 11.6. The molecule has 0 aromatic carbocycles. The van der Waals surface area contributed by atoms with Crippen LogP contribution in [0.5, 0.6) is 5.75 Å². The molecule has 0 saturated carbocycles. The number of pyridine rings is 1. The van der Waals surface area contributed by atoms with Gasteiger partial charge in [0.05, 0.1) is 25.0 Å². The molecule has 0 bridgehead atoms. The highest BCUT2D eigenvalue weighted by Gasteiger charge is 2.26. The van der Waals surface area contributed by atoms with Crippen molar-refractivity contribution in [2.75, 3.05) is 27.2 Å². The smallest absolute Gasteiger partial charge is 0.154 e. The fourth-order valence-electron chi connectivity index (χ4n) is 3.26. The maximum Gasteiger partial charge on any atom is 0.154 e. The second kappa shape index (κ2) is 8.93. The third-order valence-corrected chi connectivity index (χ3v) is 5.20. The van der Waals surface area contributed by atoms with Gasteiger partial charge in [-0.15, -0.1) is 0 Å². The summed E-state index contributed by atoms with van der Waals surface area (Å²) >= 11 is 0. The number of piperazine rings is 1. The molecule has 2 heterocycles. The van der Waals surface area contributed by atoms with Crippen LogP contribution in [-0.2, 0) is 6.54 Å². The van der Waals surface area contributed by atoms with Crippen molar-refractivity contribution in [1.82, 2.24) is 14.8 Å².